The molecule has 0 spiro atoms. The number of amides is 2. The number of hydrogen-bond acceptors (Lipinski definition) is 4. The molecule has 1 heterocycles. The van der Waals surface area contributed by atoms with Crippen molar-refractivity contribution in [2.24, 2.45) is 0 Å². The maximum Gasteiger partial charge on any atom is 0.255 e. The van der Waals surface area contributed by atoms with E-state index in [2.05, 4.69) is 5.32 Å². The molecule has 1 fully saturated rings. The summed E-state index contributed by atoms with van der Waals surface area (Å²) in [7, 11) is 0. The van der Waals surface area contributed by atoms with Crippen LogP contribution in [0.1, 0.15) is 30.1 Å². The van der Waals surface area contributed by atoms with Gasteiger partial charge >= 0.3 is 0 Å². The van der Waals surface area contributed by atoms with Crippen LogP contribution in [0.3, 0.4) is 0 Å². The average Bonchev–Trinajstić information content (AvgIpc) is 3.22. The maximum absolute atomic E-state index is 12.5. The Balaban J connectivity index is 1.35. The van der Waals surface area contributed by atoms with Gasteiger partial charge in [-0.2, -0.15) is 0 Å². The summed E-state index contributed by atoms with van der Waals surface area (Å²) < 4.78 is 11.3. The molecule has 1 N–H and O–H groups in total. The standard InChI is InChI=1S/C25H24N2O4/c1-2-30-21-13-15-23(16-14-21)31-22-11-7-19(8-12-22)26-25(29)18-5-9-20(10-6-18)27-17-3-4-24(27)28/h5-16H,2-4,17H2,1H3,(H,26,29). The highest BCUT2D eigenvalue weighted by molar-refractivity contribution is 6.04. The van der Waals surface area contributed by atoms with Gasteiger partial charge in [0, 0.05) is 29.9 Å². The van der Waals surface area contributed by atoms with Crippen LogP contribution in [0.15, 0.2) is 72.8 Å². The Kier molecular flexibility index (Phi) is 6.17. The molecule has 1 aliphatic rings. The van der Waals surface area contributed by atoms with Crippen molar-refractivity contribution in [3.8, 4) is 17.2 Å². The van der Waals surface area contributed by atoms with Crippen molar-refractivity contribution in [3.63, 3.8) is 0 Å². The minimum atomic E-state index is -0.209. The average molecular weight is 416 g/mol. The summed E-state index contributed by atoms with van der Waals surface area (Å²) in [6.45, 7) is 3.29. The largest absolute Gasteiger partial charge is 0.494 e. The van der Waals surface area contributed by atoms with Gasteiger partial charge in [0.25, 0.3) is 5.91 Å². The molecule has 0 radical (unpaired) electrons. The van der Waals surface area contributed by atoms with Gasteiger partial charge in [-0.25, -0.2) is 0 Å². The molecule has 0 unspecified atom stereocenters. The lowest BCUT2D eigenvalue weighted by molar-refractivity contribution is -0.117. The van der Waals surface area contributed by atoms with Crippen molar-refractivity contribution >= 4 is 23.2 Å². The predicted molar refractivity (Wildman–Crippen MR) is 120 cm³/mol. The lowest BCUT2D eigenvalue weighted by Gasteiger charge is -2.15. The summed E-state index contributed by atoms with van der Waals surface area (Å²) in [6, 6.07) is 21.7. The smallest absolute Gasteiger partial charge is 0.255 e. The first-order valence-corrected chi connectivity index (χ1v) is 10.3. The second kappa shape index (κ2) is 9.34. The van der Waals surface area contributed by atoms with Crippen molar-refractivity contribution < 1.29 is 19.1 Å². The first-order valence-electron chi connectivity index (χ1n) is 10.3. The molecule has 158 valence electrons. The third kappa shape index (κ3) is 5.04. The molecule has 31 heavy (non-hydrogen) atoms. The fourth-order valence-electron chi connectivity index (χ4n) is 3.43. The zero-order valence-electron chi connectivity index (χ0n) is 17.3. The second-order valence-corrected chi connectivity index (χ2v) is 7.18. The quantitative estimate of drug-likeness (QED) is 0.571. The van der Waals surface area contributed by atoms with Crippen molar-refractivity contribution in [1.29, 1.82) is 0 Å². The van der Waals surface area contributed by atoms with Crippen LogP contribution >= 0.6 is 0 Å². The third-order valence-electron chi connectivity index (χ3n) is 5.00. The predicted octanol–water partition coefficient (Wildman–Crippen LogP) is 5.26. The summed E-state index contributed by atoms with van der Waals surface area (Å²) in [5, 5.41) is 2.88. The SMILES string of the molecule is CCOc1ccc(Oc2ccc(NC(=O)c3ccc(N4CCCC4=O)cc3)cc2)cc1. The molecule has 3 aromatic rings. The number of benzene rings is 3. The zero-order valence-corrected chi connectivity index (χ0v) is 17.3. The molecular weight excluding hydrogens is 392 g/mol. The Bertz CT molecular complexity index is 1040. The van der Waals surface area contributed by atoms with Gasteiger partial charge in [0.05, 0.1) is 6.61 Å². The molecule has 0 atom stereocenters. The molecule has 6 nitrogen and oxygen atoms in total. The number of carbonyl (C=O) groups is 2. The highest BCUT2D eigenvalue weighted by Crippen LogP contribution is 2.26. The highest BCUT2D eigenvalue weighted by atomic mass is 16.5. The second-order valence-electron chi connectivity index (χ2n) is 7.18. The van der Waals surface area contributed by atoms with Gasteiger partial charge in [-0.05, 0) is 86.1 Å². The van der Waals surface area contributed by atoms with E-state index in [0.717, 1.165) is 24.4 Å². The summed E-state index contributed by atoms with van der Waals surface area (Å²) in [4.78, 5) is 26.1. The van der Waals surface area contributed by atoms with Gasteiger partial charge in [-0.1, -0.05) is 0 Å². The van der Waals surface area contributed by atoms with Crippen LogP contribution in [0.5, 0.6) is 17.2 Å². The van der Waals surface area contributed by atoms with Crippen LogP contribution in [0.25, 0.3) is 0 Å². The Labute approximate surface area is 181 Å². The maximum atomic E-state index is 12.5. The molecular formula is C25H24N2O4. The zero-order chi connectivity index (χ0) is 21.6. The number of carbonyl (C=O) groups excluding carboxylic acids is 2. The summed E-state index contributed by atoms with van der Waals surface area (Å²) in [5.41, 5.74) is 2.03. The van der Waals surface area contributed by atoms with Crippen molar-refractivity contribution in [2.75, 3.05) is 23.4 Å². The van der Waals surface area contributed by atoms with E-state index in [-0.39, 0.29) is 11.8 Å². The van der Waals surface area contributed by atoms with Crippen LogP contribution in [-0.4, -0.2) is 25.0 Å². The van der Waals surface area contributed by atoms with Crippen LogP contribution < -0.4 is 19.7 Å². The highest BCUT2D eigenvalue weighted by Gasteiger charge is 2.21. The fourth-order valence-corrected chi connectivity index (χ4v) is 3.43. The van der Waals surface area contributed by atoms with Crippen LogP contribution in [0, 0.1) is 0 Å². The fraction of sp³-hybridized carbons (Fsp3) is 0.200. The van der Waals surface area contributed by atoms with E-state index < -0.39 is 0 Å². The topological polar surface area (TPSA) is 67.9 Å². The molecule has 0 aliphatic carbocycles. The van der Waals surface area contributed by atoms with Gasteiger partial charge in [-0.3, -0.25) is 9.59 Å². The van der Waals surface area contributed by atoms with E-state index in [4.69, 9.17) is 9.47 Å². The summed E-state index contributed by atoms with van der Waals surface area (Å²) in [6.07, 6.45) is 1.46. The molecule has 0 saturated carbocycles. The Morgan fingerprint density at radius 1 is 0.903 bits per heavy atom. The Morgan fingerprint density at radius 2 is 1.52 bits per heavy atom. The first-order chi connectivity index (χ1) is 15.1. The third-order valence-corrected chi connectivity index (χ3v) is 5.00. The monoisotopic (exact) mass is 416 g/mol. The molecule has 1 saturated heterocycles. The Hall–Kier alpha value is -3.80. The minimum Gasteiger partial charge on any atom is -0.494 e. The molecule has 0 aromatic heterocycles. The number of nitrogens with zero attached hydrogens (tertiary/aromatic N) is 1. The van der Waals surface area contributed by atoms with Crippen molar-refractivity contribution in [1.82, 2.24) is 0 Å². The van der Waals surface area contributed by atoms with E-state index in [0.29, 0.717) is 35.8 Å². The van der Waals surface area contributed by atoms with Crippen LogP contribution in [0.2, 0.25) is 0 Å². The number of hydrogen-bond donors (Lipinski definition) is 1. The van der Waals surface area contributed by atoms with Crippen LogP contribution in [0.4, 0.5) is 11.4 Å². The summed E-state index contributed by atoms with van der Waals surface area (Å²) in [5.74, 6) is 2.09. The number of nitrogens with one attached hydrogen (secondary N) is 1. The minimum absolute atomic E-state index is 0.129. The number of rotatable bonds is 7. The van der Waals surface area contributed by atoms with Gasteiger partial charge in [0.15, 0.2) is 0 Å². The lowest BCUT2D eigenvalue weighted by atomic mass is 10.1. The van der Waals surface area contributed by atoms with Crippen molar-refractivity contribution in [2.45, 2.75) is 19.8 Å². The molecule has 0 bridgehead atoms. The van der Waals surface area contributed by atoms with Gasteiger partial charge < -0.3 is 19.7 Å². The normalized spacial score (nSPS) is 13.2. The molecule has 1 aliphatic heterocycles. The van der Waals surface area contributed by atoms with Gasteiger partial charge in [0.2, 0.25) is 5.91 Å². The van der Waals surface area contributed by atoms with E-state index in [1.807, 2.05) is 43.3 Å². The molecule has 6 heteroatoms. The number of anilines is 2. The van der Waals surface area contributed by atoms with Gasteiger partial charge in [-0.15, -0.1) is 0 Å². The molecule has 3 aromatic carbocycles. The van der Waals surface area contributed by atoms with E-state index in [9.17, 15) is 9.59 Å². The van der Waals surface area contributed by atoms with Crippen molar-refractivity contribution in [3.05, 3.63) is 78.4 Å². The Morgan fingerprint density at radius 3 is 2.10 bits per heavy atom. The number of ether oxygens (including phenoxy) is 2. The summed E-state index contributed by atoms with van der Waals surface area (Å²) >= 11 is 0. The van der Waals surface area contributed by atoms with E-state index in [1.165, 1.54) is 0 Å². The first kappa shape index (κ1) is 20.5. The van der Waals surface area contributed by atoms with E-state index >= 15 is 0 Å². The molecule has 2 amide bonds. The molecule has 4 rings (SSSR count). The van der Waals surface area contributed by atoms with Crippen LogP contribution in [-0.2, 0) is 4.79 Å². The van der Waals surface area contributed by atoms with Gasteiger partial charge in [0.1, 0.15) is 17.2 Å². The lowest BCUT2D eigenvalue weighted by Crippen LogP contribution is -2.23. The van der Waals surface area contributed by atoms with E-state index in [1.54, 1.807) is 41.3 Å².